The van der Waals surface area contributed by atoms with E-state index in [4.69, 9.17) is 4.74 Å². The second-order valence-electron chi connectivity index (χ2n) is 3.94. The number of hydrogen-bond acceptors (Lipinski definition) is 3. The zero-order valence-corrected chi connectivity index (χ0v) is 12.1. The van der Waals surface area contributed by atoms with Gasteiger partial charge in [-0.3, -0.25) is 4.79 Å². The molecule has 0 aromatic heterocycles. The Kier molecular flexibility index (Phi) is 7.64. The third kappa shape index (κ3) is 6.74. The van der Waals surface area contributed by atoms with Crippen molar-refractivity contribution in [1.82, 2.24) is 5.32 Å². The maximum absolute atomic E-state index is 11.6. The fraction of sp³-hybridized carbons (Fsp3) is 0.462. The summed E-state index contributed by atoms with van der Waals surface area (Å²) in [6.07, 6.45) is 2.02. The molecule has 0 saturated carbocycles. The lowest BCUT2D eigenvalue weighted by molar-refractivity contribution is -0.115. The lowest BCUT2D eigenvalue weighted by Gasteiger charge is -2.07. The van der Waals surface area contributed by atoms with Crippen molar-refractivity contribution in [3.05, 3.63) is 28.7 Å². The molecule has 0 heterocycles. The van der Waals surface area contributed by atoms with Gasteiger partial charge < -0.3 is 15.4 Å². The molecule has 4 nitrogen and oxygen atoms in total. The summed E-state index contributed by atoms with van der Waals surface area (Å²) < 4.78 is 5.90. The van der Waals surface area contributed by atoms with Gasteiger partial charge in [-0.1, -0.05) is 22.0 Å². The highest BCUT2D eigenvalue weighted by Crippen LogP contribution is 2.15. The van der Waals surface area contributed by atoms with Crippen LogP contribution in [-0.2, 0) is 9.53 Å². The van der Waals surface area contributed by atoms with Gasteiger partial charge in [-0.2, -0.15) is 0 Å². The Labute approximate surface area is 116 Å². The first kappa shape index (κ1) is 15.1. The minimum atomic E-state index is -0.0279. The molecule has 0 aliphatic rings. The van der Waals surface area contributed by atoms with Crippen LogP contribution in [0.15, 0.2) is 28.7 Å². The van der Waals surface area contributed by atoms with Gasteiger partial charge in [-0.15, -0.1) is 0 Å². The molecule has 0 aliphatic carbocycles. The second-order valence-corrected chi connectivity index (χ2v) is 4.85. The average molecular weight is 315 g/mol. The molecular formula is C13H19BrN2O2. The molecule has 0 bridgehead atoms. The first-order valence-corrected chi connectivity index (χ1v) is 6.77. The van der Waals surface area contributed by atoms with Crippen LogP contribution in [-0.4, -0.2) is 32.7 Å². The van der Waals surface area contributed by atoms with Crippen LogP contribution in [0.2, 0.25) is 0 Å². The maximum atomic E-state index is 11.6. The van der Waals surface area contributed by atoms with E-state index in [2.05, 4.69) is 26.6 Å². The van der Waals surface area contributed by atoms with Crippen LogP contribution >= 0.6 is 15.9 Å². The number of carbonyl (C=O) groups is 1. The molecule has 0 radical (unpaired) electrons. The van der Waals surface area contributed by atoms with Crippen LogP contribution in [0, 0.1) is 0 Å². The zero-order chi connectivity index (χ0) is 13.2. The molecule has 100 valence electrons. The Bertz CT molecular complexity index is 372. The highest BCUT2D eigenvalue weighted by Gasteiger charge is 2.01. The van der Waals surface area contributed by atoms with Crippen molar-refractivity contribution in [3.8, 4) is 0 Å². The van der Waals surface area contributed by atoms with E-state index in [9.17, 15) is 4.79 Å². The molecule has 1 rings (SSSR count). The molecule has 0 atom stereocenters. The first-order valence-electron chi connectivity index (χ1n) is 5.97. The smallest absolute Gasteiger partial charge is 0.238 e. The molecule has 0 aliphatic heterocycles. The van der Waals surface area contributed by atoms with Crippen LogP contribution in [0.1, 0.15) is 12.8 Å². The molecule has 2 N–H and O–H groups in total. The fourth-order valence-corrected chi connectivity index (χ4v) is 1.87. The molecule has 1 aromatic rings. The summed E-state index contributed by atoms with van der Waals surface area (Å²) in [7, 11) is 1.69. The van der Waals surface area contributed by atoms with Crippen LogP contribution in [0.25, 0.3) is 0 Å². The predicted octanol–water partition coefficient (Wildman–Crippen LogP) is 2.40. The SMILES string of the molecule is COCCCCNCC(=O)Nc1cccc(Br)c1. The number of benzene rings is 1. The summed E-state index contributed by atoms with van der Waals surface area (Å²) in [5.41, 5.74) is 0.801. The summed E-state index contributed by atoms with van der Waals surface area (Å²) in [6.45, 7) is 1.93. The summed E-state index contributed by atoms with van der Waals surface area (Å²) in [5, 5.41) is 5.93. The zero-order valence-electron chi connectivity index (χ0n) is 10.5. The van der Waals surface area contributed by atoms with Gasteiger partial charge in [0.2, 0.25) is 5.91 Å². The predicted molar refractivity (Wildman–Crippen MR) is 76.8 cm³/mol. The van der Waals surface area contributed by atoms with Crippen molar-refractivity contribution in [3.63, 3.8) is 0 Å². The number of unbranched alkanes of at least 4 members (excludes halogenated alkanes) is 1. The highest BCUT2D eigenvalue weighted by atomic mass is 79.9. The Morgan fingerprint density at radius 1 is 1.39 bits per heavy atom. The number of amides is 1. The molecule has 1 aromatic carbocycles. The third-order valence-corrected chi connectivity index (χ3v) is 2.84. The van der Waals surface area contributed by atoms with Gasteiger partial charge >= 0.3 is 0 Å². The van der Waals surface area contributed by atoms with Crippen molar-refractivity contribution >= 4 is 27.5 Å². The van der Waals surface area contributed by atoms with Gasteiger partial charge in [0.25, 0.3) is 0 Å². The Hall–Kier alpha value is -0.910. The first-order chi connectivity index (χ1) is 8.72. The van der Waals surface area contributed by atoms with E-state index >= 15 is 0 Å². The molecule has 0 unspecified atom stereocenters. The Balaban J connectivity index is 2.14. The quantitative estimate of drug-likeness (QED) is 0.724. The van der Waals surface area contributed by atoms with E-state index in [0.29, 0.717) is 6.54 Å². The normalized spacial score (nSPS) is 10.3. The van der Waals surface area contributed by atoms with Crippen molar-refractivity contribution in [2.45, 2.75) is 12.8 Å². The number of carbonyl (C=O) groups excluding carboxylic acids is 1. The average Bonchev–Trinajstić information content (AvgIpc) is 2.33. The third-order valence-electron chi connectivity index (χ3n) is 2.35. The number of methoxy groups -OCH3 is 1. The standard InChI is InChI=1S/C13H19BrN2O2/c1-18-8-3-2-7-15-10-13(17)16-12-6-4-5-11(14)9-12/h4-6,9,15H,2-3,7-8,10H2,1H3,(H,16,17). The van der Waals surface area contributed by atoms with Crippen molar-refractivity contribution < 1.29 is 9.53 Å². The lowest BCUT2D eigenvalue weighted by Crippen LogP contribution is -2.28. The van der Waals surface area contributed by atoms with E-state index in [-0.39, 0.29) is 5.91 Å². The molecule has 5 heteroatoms. The lowest BCUT2D eigenvalue weighted by atomic mass is 10.3. The molecule has 0 saturated heterocycles. The van der Waals surface area contributed by atoms with Crippen LogP contribution in [0.4, 0.5) is 5.69 Å². The van der Waals surface area contributed by atoms with Gasteiger partial charge in [0, 0.05) is 23.9 Å². The number of nitrogens with one attached hydrogen (secondary N) is 2. The van der Waals surface area contributed by atoms with Crippen molar-refractivity contribution in [1.29, 1.82) is 0 Å². The summed E-state index contributed by atoms with van der Waals surface area (Å²) in [6, 6.07) is 7.54. The van der Waals surface area contributed by atoms with Gasteiger partial charge in [-0.25, -0.2) is 0 Å². The molecule has 1 amide bonds. The molecular weight excluding hydrogens is 296 g/mol. The van der Waals surface area contributed by atoms with Crippen LogP contribution in [0.3, 0.4) is 0 Å². The highest BCUT2D eigenvalue weighted by molar-refractivity contribution is 9.10. The molecule has 18 heavy (non-hydrogen) atoms. The van der Waals surface area contributed by atoms with Gasteiger partial charge in [0.1, 0.15) is 0 Å². The molecule has 0 spiro atoms. The number of anilines is 1. The maximum Gasteiger partial charge on any atom is 0.238 e. The number of halogens is 1. The van der Waals surface area contributed by atoms with Crippen LogP contribution in [0.5, 0.6) is 0 Å². The van der Waals surface area contributed by atoms with Gasteiger partial charge in [-0.05, 0) is 37.6 Å². The van der Waals surface area contributed by atoms with Crippen molar-refractivity contribution in [2.24, 2.45) is 0 Å². The minimum absolute atomic E-state index is 0.0279. The molecule has 0 fully saturated rings. The van der Waals surface area contributed by atoms with E-state index < -0.39 is 0 Å². The number of ether oxygens (including phenoxy) is 1. The van der Waals surface area contributed by atoms with E-state index in [1.165, 1.54) is 0 Å². The Morgan fingerprint density at radius 2 is 2.22 bits per heavy atom. The summed E-state index contributed by atoms with van der Waals surface area (Å²) >= 11 is 3.36. The number of rotatable bonds is 8. The van der Waals surface area contributed by atoms with E-state index in [1.807, 2.05) is 24.3 Å². The second kappa shape index (κ2) is 9.08. The minimum Gasteiger partial charge on any atom is -0.385 e. The number of hydrogen-bond donors (Lipinski definition) is 2. The van der Waals surface area contributed by atoms with Crippen LogP contribution < -0.4 is 10.6 Å². The van der Waals surface area contributed by atoms with E-state index in [1.54, 1.807) is 7.11 Å². The monoisotopic (exact) mass is 314 g/mol. The largest absolute Gasteiger partial charge is 0.385 e. The van der Waals surface area contributed by atoms with Gasteiger partial charge in [0.05, 0.1) is 6.54 Å². The summed E-state index contributed by atoms with van der Waals surface area (Å²) in [5.74, 6) is -0.0279. The Morgan fingerprint density at radius 3 is 2.94 bits per heavy atom. The summed E-state index contributed by atoms with van der Waals surface area (Å²) in [4.78, 5) is 11.6. The van der Waals surface area contributed by atoms with Gasteiger partial charge in [0.15, 0.2) is 0 Å². The fourth-order valence-electron chi connectivity index (χ4n) is 1.47. The van der Waals surface area contributed by atoms with Crippen molar-refractivity contribution in [2.75, 3.05) is 32.1 Å². The topological polar surface area (TPSA) is 50.4 Å². The van der Waals surface area contributed by atoms with E-state index in [0.717, 1.165) is 36.2 Å².